The second kappa shape index (κ2) is 13.2. The van der Waals surface area contributed by atoms with E-state index in [-0.39, 0.29) is 0 Å². The van der Waals surface area contributed by atoms with Gasteiger partial charge in [0.15, 0.2) is 0 Å². The van der Waals surface area contributed by atoms with Crippen LogP contribution in [-0.4, -0.2) is 7.05 Å². The van der Waals surface area contributed by atoms with Crippen molar-refractivity contribution in [2.45, 2.75) is 26.4 Å². The van der Waals surface area contributed by atoms with E-state index < -0.39 is 0 Å². The summed E-state index contributed by atoms with van der Waals surface area (Å²) >= 11 is 0. The molecule has 4 aromatic carbocycles. The second-order valence-corrected chi connectivity index (χ2v) is 8.02. The highest BCUT2D eigenvalue weighted by Gasteiger charge is 2.08. The zero-order chi connectivity index (χ0) is 24.9. The highest BCUT2D eigenvalue weighted by molar-refractivity contribution is 5.66. The monoisotopic (exact) mass is 459 g/mol. The molecule has 0 aliphatic carbocycles. The van der Waals surface area contributed by atoms with Crippen LogP contribution in [-0.2, 0) is 19.4 Å². The first-order valence-electron chi connectivity index (χ1n) is 11.5. The van der Waals surface area contributed by atoms with Gasteiger partial charge in [0.25, 0.3) is 0 Å². The number of para-hydroxylation sites is 3. The van der Waals surface area contributed by atoms with Crippen molar-refractivity contribution < 1.29 is 4.74 Å². The Bertz CT molecular complexity index is 1300. The summed E-state index contributed by atoms with van der Waals surface area (Å²) in [7, 11) is 2.02. The van der Waals surface area contributed by atoms with Crippen molar-refractivity contribution in [3.63, 3.8) is 0 Å². The molecular formula is C31H29N3O. The van der Waals surface area contributed by atoms with Gasteiger partial charge in [0.2, 0.25) is 0 Å². The van der Waals surface area contributed by atoms with Crippen LogP contribution in [0.1, 0.15) is 22.3 Å². The summed E-state index contributed by atoms with van der Waals surface area (Å²) in [6.45, 7) is 2.61. The number of rotatable bonds is 7. The fourth-order valence-electron chi connectivity index (χ4n) is 3.67. The predicted octanol–water partition coefficient (Wildman–Crippen LogP) is 7.16. The molecular weight excluding hydrogens is 430 g/mol. The maximum absolute atomic E-state index is 8.83. The van der Waals surface area contributed by atoms with E-state index >= 15 is 0 Å². The lowest BCUT2D eigenvalue weighted by atomic mass is 10.1. The molecule has 0 saturated carbocycles. The van der Waals surface area contributed by atoms with Crippen molar-refractivity contribution in [2.24, 2.45) is 0 Å². The third kappa shape index (κ3) is 7.22. The lowest BCUT2D eigenvalue weighted by molar-refractivity contribution is 0.303. The average molecular weight is 460 g/mol. The molecule has 0 unspecified atom stereocenters. The Morgan fingerprint density at radius 2 is 1.20 bits per heavy atom. The van der Waals surface area contributed by atoms with E-state index in [1.807, 2.05) is 85.9 Å². The van der Waals surface area contributed by atoms with Crippen molar-refractivity contribution in [1.29, 1.82) is 10.5 Å². The number of nitrogens with zero attached hydrogens (tertiary/aromatic N) is 3. The molecule has 0 saturated heterocycles. The van der Waals surface area contributed by atoms with Gasteiger partial charge in [0.05, 0.1) is 25.0 Å². The molecule has 0 N–H and O–H groups in total. The number of hydrogen-bond acceptors (Lipinski definition) is 4. The minimum Gasteiger partial charge on any atom is -0.489 e. The molecule has 0 atom stereocenters. The van der Waals surface area contributed by atoms with E-state index in [0.717, 1.165) is 28.3 Å². The molecule has 4 aromatic rings. The average Bonchev–Trinajstić information content (AvgIpc) is 2.90. The Kier molecular flexibility index (Phi) is 9.49. The number of benzene rings is 4. The van der Waals surface area contributed by atoms with E-state index in [0.29, 0.717) is 19.4 Å². The van der Waals surface area contributed by atoms with Crippen molar-refractivity contribution in [2.75, 3.05) is 11.9 Å². The predicted molar refractivity (Wildman–Crippen MR) is 142 cm³/mol. The summed E-state index contributed by atoms with van der Waals surface area (Å²) in [5, 5.41) is 17.6. The summed E-state index contributed by atoms with van der Waals surface area (Å²) in [6.07, 6.45) is 0.817. The Morgan fingerprint density at radius 3 is 1.89 bits per heavy atom. The summed E-state index contributed by atoms with van der Waals surface area (Å²) < 4.78 is 5.81. The molecule has 0 radical (unpaired) electrons. The zero-order valence-electron chi connectivity index (χ0n) is 20.2. The van der Waals surface area contributed by atoms with Gasteiger partial charge < -0.3 is 9.64 Å². The largest absolute Gasteiger partial charge is 0.489 e. The minimum absolute atomic E-state index is 0.379. The molecule has 4 heteroatoms. The van der Waals surface area contributed by atoms with Gasteiger partial charge in [-0.2, -0.15) is 10.5 Å². The quantitative estimate of drug-likeness (QED) is 0.294. The van der Waals surface area contributed by atoms with Crippen molar-refractivity contribution in [3.05, 3.63) is 125 Å². The maximum atomic E-state index is 8.83. The Labute approximate surface area is 208 Å². The summed E-state index contributed by atoms with van der Waals surface area (Å²) in [5.41, 5.74) is 6.59. The van der Waals surface area contributed by atoms with Gasteiger partial charge in [-0.3, -0.25) is 0 Å². The van der Waals surface area contributed by atoms with Gasteiger partial charge in [-0.05, 0) is 47.9 Å². The van der Waals surface area contributed by atoms with Crippen molar-refractivity contribution in [3.8, 4) is 17.9 Å². The highest BCUT2D eigenvalue weighted by atomic mass is 16.5. The van der Waals surface area contributed by atoms with Gasteiger partial charge in [-0.15, -0.1) is 0 Å². The van der Waals surface area contributed by atoms with E-state index in [1.54, 1.807) is 0 Å². The van der Waals surface area contributed by atoms with Gasteiger partial charge in [-0.1, -0.05) is 78.9 Å². The second-order valence-electron chi connectivity index (χ2n) is 8.02. The number of hydrogen-bond donors (Lipinski definition) is 0. The first-order chi connectivity index (χ1) is 17.1. The Morgan fingerprint density at radius 1 is 0.657 bits per heavy atom. The normalized spacial score (nSPS) is 9.71. The molecule has 174 valence electrons. The van der Waals surface area contributed by atoms with E-state index in [1.165, 1.54) is 11.1 Å². The van der Waals surface area contributed by atoms with Crippen LogP contribution in [0.2, 0.25) is 0 Å². The van der Waals surface area contributed by atoms with Gasteiger partial charge in [0, 0.05) is 24.0 Å². The van der Waals surface area contributed by atoms with Gasteiger partial charge in [-0.25, -0.2) is 0 Å². The highest BCUT2D eigenvalue weighted by Crippen LogP contribution is 2.26. The number of anilines is 2. The van der Waals surface area contributed by atoms with E-state index in [2.05, 4.69) is 48.2 Å². The first kappa shape index (κ1) is 25.1. The Balaban J connectivity index is 0.000000196. The molecule has 0 aliphatic rings. The van der Waals surface area contributed by atoms with Crippen LogP contribution < -0.4 is 9.64 Å². The molecule has 0 fully saturated rings. The molecule has 0 aliphatic heterocycles. The van der Waals surface area contributed by atoms with Gasteiger partial charge >= 0.3 is 0 Å². The van der Waals surface area contributed by atoms with Crippen molar-refractivity contribution >= 4 is 11.4 Å². The fourth-order valence-corrected chi connectivity index (χ4v) is 3.67. The lowest BCUT2D eigenvalue weighted by Gasteiger charge is -2.21. The smallest absolute Gasteiger partial charge is 0.124 e. The molecule has 4 nitrogen and oxygen atoms in total. The number of ether oxygens (including phenoxy) is 1. The first-order valence-corrected chi connectivity index (χ1v) is 11.5. The number of nitriles is 2. The van der Waals surface area contributed by atoms with E-state index in [4.69, 9.17) is 15.3 Å². The van der Waals surface area contributed by atoms with E-state index in [9.17, 15) is 0 Å². The van der Waals surface area contributed by atoms with Crippen LogP contribution in [0.5, 0.6) is 5.75 Å². The lowest BCUT2D eigenvalue weighted by Crippen LogP contribution is -2.11. The Hall–Kier alpha value is -4.54. The fraction of sp³-hybridized carbons (Fsp3) is 0.161. The van der Waals surface area contributed by atoms with Crippen LogP contribution in [0.15, 0.2) is 103 Å². The standard InChI is InChI=1S/C16H15NO.C15H14N2/c1-13-6-2-3-8-15(13)12-18-16-9-5-4-7-14(16)10-11-17;1-17(14-8-3-2-4-9-14)15-10-6-5-7-13(15)11-12-16/h2-9H,10,12H2,1H3;2-10H,11H2,1H3. The third-order valence-corrected chi connectivity index (χ3v) is 5.65. The maximum Gasteiger partial charge on any atom is 0.124 e. The van der Waals surface area contributed by atoms with Crippen LogP contribution in [0.4, 0.5) is 11.4 Å². The SMILES string of the molecule is CN(c1ccccc1)c1ccccc1CC#N.Cc1ccccc1COc1ccccc1CC#N. The van der Waals surface area contributed by atoms with Crippen LogP contribution in [0, 0.1) is 29.6 Å². The van der Waals surface area contributed by atoms with Gasteiger partial charge in [0.1, 0.15) is 12.4 Å². The molecule has 35 heavy (non-hydrogen) atoms. The molecule has 0 heterocycles. The molecule has 0 spiro atoms. The van der Waals surface area contributed by atoms with Crippen LogP contribution in [0.25, 0.3) is 0 Å². The number of aryl methyl sites for hydroxylation is 1. The van der Waals surface area contributed by atoms with Crippen LogP contribution in [0.3, 0.4) is 0 Å². The summed E-state index contributed by atoms with van der Waals surface area (Å²) in [5.74, 6) is 0.794. The van der Waals surface area contributed by atoms with Crippen molar-refractivity contribution in [1.82, 2.24) is 0 Å². The molecule has 0 aromatic heterocycles. The summed E-state index contributed by atoms with van der Waals surface area (Å²) in [6, 6.07) is 38.3. The third-order valence-electron chi connectivity index (χ3n) is 5.65. The summed E-state index contributed by atoms with van der Waals surface area (Å²) in [4.78, 5) is 2.10. The zero-order valence-corrected chi connectivity index (χ0v) is 20.2. The molecule has 4 rings (SSSR count). The molecule has 0 amide bonds. The molecule has 0 bridgehead atoms. The van der Waals surface area contributed by atoms with Crippen LogP contribution >= 0.6 is 0 Å². The minimum atomic E-state index is 0.379. The topological polar surface area (TPSA) is 60.1 Å².